The first-order valence-electron chi connectivity index (χ1n) is 8.33. The molecule has 2 aromatic rings. The average Bonchev–Trinajstić information content (AvgIpc) is 2.64. The molecule has 0 aliphatic carbocycles. The molecule has 0 atom stereocenters. The number of piperazine rings is 1. The van der Waals surface area contributed by atoms with Crippen LogP contribution in [-0.4, -0.2) is 41.7 Å². The van der Waals surface area contributed by atoms with Crippen molar-refractivity contribution in [2.45, 2.75) is 11.8 Å². The van der Waals surface area contributed by atoms with Gasteiger partial charge in [-0.1, -0.05) is 6.07 Å². The van der Waals surface area contributed by atoms with Crippen molar-refractivity contribution in [3.63, 3.8) is 0 Å². The highest BCUT2D eigenvalue weighted by Gasteiger charge is 2.21. The van der Waals surface area contributed by atoms with Crippen LogP contribution in [0.1, 0.15) is 5.56 Å². The fourth-order valence-corrected chi connectivity index (χ4v) is 4.72. The maximum absolute atomic E-state index is 12.9. The lowest BCUT2D eigenvalue weighted by Gasteiger charge is -2.30. The van der Waals surface area contributed by atoms with E-state index in [1.54, 1.807) is 31.4 Å². The first-order valence-corrected chi connectivity index (χ1v) is 10.6. The lowest BCUT2D eigenvalue weighted by atomic mass is 10.2. The quantitative estimate of drug-likeness (QED) is 0.748. The van der Waals surface area contributed by atoms with E-state index in [4.69, 9.17) is 4.74 Å². The molecular weight excluding hydrogens is 418 g/mol. The molecule has 1 heterocycles. The zero-order valence-corrected chi connectivity index (χ0v) is 17.2. The van der Waals surface area contributed by atoms with Crippen LogP contribution in [0.5, 0.6) is 5.75 Å². The molecule has 0 aromatic heterocycles. The van der Waals surface area contributed by atoms with E-state index in [1.807, 2.05) is 19.1 Å². The van der Waals surface area contributed by atoms with Gasteiger partial charge in [0.2, 0.25) is 0 Å². The van der Waals surface area contributed by atoms with Gasteiger partial charge < -0.3 is 15.0 Å². The van der Waals surface area contributed by atoms with E-state index in [1.165, 1.54) is 0 Å². The summed E-state index contributed by atoms with van der Waals surface area (Å²) >= 11 is 3.41. The van der Waals surface area contributed by atoms with E-state index >= 15 is 0 Å². The first-order chi connectivity index (χ1) is 12.4. The number of hydrogen-bond acceptors (Lipinski definition) is 5. The predicted molar refractivity (Wildman–Crippen MR) is 108 cm³/mol. The van der Waals surface area contributed by atoms with Crippen molar-refractivity contribution in [2.75, 3.05) is 42.9 Å². The highest BCUT2D eigenvalue weighted by Crippen LogP contribution is 2.33. The molecule has 0 spiro atoms. The van der Waals surface area contributed by atoms with E-state index in [-0.39, 0.29) is 4.90 Å². The number of methoxy groups -OCH3 is 1. The van der Waals surface area contributed by atoms with Gasteiger partial charge in [-0.25, -0.2) is 8.42 Å². The maximum Gasteiger partial charge on any atom is 0.262 e. The lowest BCUT2D eigenvalue weighted by Crippen LogP contribution is -2.43. The zero-order chi connectivity index (χ0) is 18.7. The molecule has 2 N–H and O–H groups in total. The summed E-state index contributed by atoms with van der Waals surface area (Å²) < 4.78 is 34.5. The van der Waals surface area contributed by atoms with Gasteiger partial charge in [0, 0.05) is 30.7 Å². The molecule has 3 rings (SSSR count). The van der Waals surface area contributed by atoms with Gasteiger partial charge in [0.1, 0.15) is 5.75 Å². The third-order valence-corrected chi connectivity index (χ3v) is 6.31. The monoisotopic (exact) mass is 439 g/mol. The second kappa shape index (κ2) is 7.85. The van der Waals surface area contributed by atoms with Crippen molar-refractivity contribution in [1.29, 1.82) is 0 Å². The minimum atomic E-state index is -3.71. The number of sulfonamides is 1. The largest absolute Gasteiger partial charge is 0.495 e. The molecule has 1 fully saturated rings. The van der Waals surface area contributed by atoms with E-state index in [0.29, 0.717) is 15.9 Å². The Bertz CT molecular complexity index is 897. The number of aryl methyl sites for hydroxylation is 1. The van der Waals surface area contributed by atoms with Crippen LogP contribution in [0.4, 0.5) is 11.4 Å². The highest BCUT2D eigenvalue weighted by atomic mass is 79.9. The molecule has 1 aliphatic rings. The number of hydrogen-bond donors (Lipinski definition) is 2. The van der Waals surface area contributed by atoms with E-state index in [9.17, 15) is 8.42 Å². The van der Waals surface area contributed by atoms with Gasteiger partial charge in [-0.05, 0) is 58.7 Å². The Balaban J connectivity index is 1.94. The molecule has 0 bridgehead atoms. The molecule has 0 radical (unpaired) electrons. The molecule has 8 heteroatoms. The summed E-state index contributed by atoms with van der Waals surface area (Å²) in [7, 11) is -2.12. The average molecular weight is 440 g/mol. The summed E-state index contributed by atoms with van der Waals surface area (Å²) in [5, 5.41) is 3.29. The van der Waals surface area contributed by atoms with Crippen LogP contribution in [0.25, 0.3) is 0 Å². The van der Waals surface area contributed by atoms with Crippen molar-refractivity contribution in [3.8, 4) is 5.75 Å². The maximum atomic E-state index is 12.9. The molecule has 2 aromatic carbocycles. The van der Waals surface area contributed by atoms with E-state index < -0.39 is 10.0 Å². The number of rotatable bonds is 5. The van der Waals surface area contributed by atoms with Crippen molar-refractivity contribution in [1.82, 2.24) is 5.32 Å². The summed E-state index contributed by atoms with van der Waals surface area (Å²) in [4.78, 5) is 2.34. The molecule has 26 heavy (non-hydrogen) atoms. The van der Waals surface area contributed by atoms with Crippen molar-refractivity contribution in [3.05, 3.63) is 46.4 Å². The number of halogens is 1. The third-order valence-electron chi connectivity index (χ3n) is 4.29. The van der Waals surface area contributed by atoms with Crippen LogP contribution in [0.3, 0.4) is 0 Å². The number of nitrogens with zero attached hydrogens (tertiary/aromatic N) is 1. The normalized spacial score (nSPS) is 15.0. The number of ether oxygens (including phenoxy) is 1. The second-order valence-corrected chi connectivity index (χ2v) is 8.70. The van der Waals surface area contributed by atoms with Crippen molar-refractivity contribution < 1.29 is 13.2 Å². The molecule has 0 unspecified atom stereocenters. The molecule has 1 aliphatic heterocycles. The number of anilines is 2. The van der Waals surface area contributed by atoms with E-state index in [0.717, 1.165) is 37.4 Å². The van der Waals surface area contributed by atoms with Gasteiger partial charge in [0.25, 0.3) is 10.0 Å². The summed E-state index contributed by atoms with van der Waals surface area (Å²) in [5.74, 6) is 0.669. The fourth-order valence-electron chi connectivity index (χ4n) is 2.90. The van der Waals surface area contributed by atoms with Crippen LogP contribution in [0.15, 0.2) is 45.8 Å². The molecular formula is C18H22BrN3O3S. The van der Waals surface area contributed by atoms with Crippen molar-refractivity contribution in [2.24, 2.45) is 0 Å². The van der Waals surface area contributed by atoms with Crippen LogP contribution >= 0.6 is 15.9 Å². The smallest absolute Gasteiger partial charge is 0.262 e. The Morgan fingerprint density at radius 2 is 1.88 bits per heavy atom. The summed E-state index contributed by atoms with van der Waals surface area (Å²) in [6.45, 7) is 5.27. The van der Waals surface area contributed by atoms with E-state index in [2.05, 4.69) is 30.9 Å². The Hall–Kier alpha value is -1.77. The minimum absolute atomic E-state index is 0.208. The first kappa shape index (κ1) is 19.0. The van der Waals surface area contributed by atoms with Crippen LogP contribution in [-0.2, 0) is 10.0 Å². The van der Waals surface area contributed by atoms with Gasteiger partial charge in [0.05, 0.1) is 23.4 Å². The van der Waals surface area contributed by atoms with Gasteiger partial charge in [0.15, 0.2) is 0 Å². The molecule has 140 valence electrons. The van der Waals surface area contributed by atoms with Crippen LogP contribution < -0.4 is 19.7 Å². The standard InChI is InChI=1S/C18H22BrN3O3S/c1-13-3-5-16(15(19)11-13)21-26(23,24)14-4-6-18(25-2)17(12-14)22-9-7-20-8-10-22/h3-6,11-12,20-21H,7-10H2,1-2H3. The van der Waals surface area contributed by atoms with Gasteiger partial charge in [-0.15, -0.1) is 0 Å². The molecule has 0 saturated carbocycles. The van der Waals surface area contributed by atoms with Gasteiger partial charge in [-0.2, -0.15) is 0 Å². The fraction of sp³-hybridized carbons (Fsp3) is 0.333. The zero-order valence-electron chi connectivity index (χ0n) is 14.8. The number of benzene rings is 2. The Morgan fingerprint density at radius 1 is 1.15 bits per heavy atom. The SMILES string of the molecule is COc1ccc(S(=O)(=O)Nc2ccc(C)cc2Br)cc1N1CCNCC1. The third kappa shape index (κ3) is 4.13. The Labute approximate surface area is 162 Å². The lowest BCUT2D eigenvalue weighted by molar-refractivity contribution is 0.412. The molecule has 0 amide bonds. The highest BCUT2D eigenvalue weighted by molar-refractivity contribution is 9.10. The predicted octanol–water partition coefficient (Wildman–Crippen LogP) is 2.98. The van der Waals surface area contributed by atoms with Crippen molar-refractivity contribution >= 4 is 37.3 Å². The minimum Gasteiger partial charge on any atom is -0.495 e. The molecule has 1 saturated heterocycles. The summed E-state index contributed by atoms with van der Waals surface area (Å²) in [6, 6.07) is 10.4. The second-order valence-electron chi connectivity index (χ2n) is 6.16. The van der Waals surface area contributed by atoms with Gasteiger partial charge >= 0.3 is 0 Å². The Morgan fingerprint density at radius 3 is 2.54 bits per heavy atom. The van der Waals surface area contributed by atoms with Crippen LogP contribution in [0, 0.1) is 6.92 Å². The number of nitrogens with one attached hydrogen (secondary N) is 2. The molecule has 6 nitrogen and oxygen atoms in total. The van der Waals surface area contributed by atoms with Gasteiger partial charge in [-0.3, -0.25) is 4.72 Å². The summed E-state index contributed by atoms with van der Waals surface area (Å²) in [5.41, 5.74) is 2.35. The van der Waals surface area contributed by atoms with Crippen LogP contribution in [0.2, 0.25) is 0 Å². The summed E-state index contributed by atoms with van der Waals surface area (Å²) in [6.07, 6.45) is 0. The topological polar surface area (TPSA) is 70.7 Å². The Kier molecular flexibility index (Phi) is 5.74.